The highest BCUT2D eigenvalue weighted by Crippen LogP contribution is 2.19. The van der Waals surface area contributed by atoms with E-state index in [0.717, 1.165) is 10.1 Å². The molecule has 2 heterocycles. The van der Waals surface area contributed by atoms with Gasteiger partial charge < -0.3 is 14.3 Å². The van der Waals surface area contributed by atoms with Gasteiger partial charge in [0.05, 0.1) is 6.61 Å². The molecule has 3 rings (SSSR count). The van der Waals surface area contributed by atoms with Gasteiger partial charge >= 0.3 is 11.9 Å². The monoisotopic (exact) mass is 442 g/mol. The molecule has 10 nitrogen and oxygen atoms in total. The van der Waals surface area contributed by atoms with Crippen molar-refractivity contribution in [1.82, 2.24) is 9.63 Å². The number of imide groups is 1. The van der Waals surface area contributed by atoms with Gasteiger partial charge in [-0.15, -0.1) is 5.06 Å². The van der Waals surface area contributed by atoms with E-state index in [1.165, 1.54) is 13.0 Å². The van der Waals surface area contributed by atoms with E-state index in [1.807, 2.05) is 6.07 Å². The Labute approximate surface area is 183 Å². The van der Waals surface area contributed by atoms with E-state index in [9.17, 15) is 24.0 Å². The molecule has 0 spiro atoms. The third-order valence-corrected chi connectivity index (χ3v) is 4.67. The van der Waals surface area contributed by atoms with E-state index in [-0.39, 0.29) is 43.1 Å². The summed E-state index contributed by atoms with van der Waals surface area (Å²) < 4.78 is 11.7. The molecule has 1 fully saturated rings. The Morgan fingerprint density at radius 1 is 1.03 bits per heavy atom. The van der Waals surface area contributed by atoms with E-state index in [4.69, 9.17) is 14.3 Å². The first-order valence-corrected chi connectivity index (χ1v) is 9.96. The van der Waals surface area contributed by atoms with Crippen molar-refractivity contribution in [2.75, 3.05) is 6.61 Å². The Balaban J connectivity index is 1.89. The van der Waals surface area contributed by atoms with Gasteiger partial charge in [-0.05, 0) is 25.5 Å². The largest absolute Gasteiger partial charge is 0.482 e. The fourth-order valence-electron chi connectivity index (χ4n) is 3.09. The molecule has 32 heavy (non-hydrogen) atoms. The van der Waals surface area contributed by atoms with Gasteiger partial charge in [-0.25, -0.2) is 9.59 Å². The standard InChI is InChI=1S/C22H22N2O8/c1-3-30-22(29)16-11-14(2)23(12-19(27)32-24-17(25)9-10-18(24)26)21(28)20(16)31-13-15-7-5-4-6-8-15/h4-8,11H,3,9-10,12-13H2,1-2H3. The minimum Gasteiger partial charge on any atom is -0.482 e. The lowest BCUT2D eigenvalue weighted by molar-refractivity contribution is -0.198. The molecular weight excluding hydrogens is 420 g/mol. The summed E-state index contributed by atoms with van der Waals surface area (Å²) in [6.07, 6.45) is -0.0897. The lowest BCUT2D eigenvalue weighted by Gasteiger charge is -2.17. The summed E-state index contributed by atoms with van der Waals surface area (Å²) in [6.45, 7) is 2.67. The molecule has 10 heteroatoms. The first kappa shape index (κ1) is 22.7. The van der Waals surface area contributed by atoms with Crippen molar-refractivity contribution in [3.8, 4) is 5.75 Å². The lowest BCUT2D eigenvalue weighted by atomic mass is 10.2. The van der Waals surface area contributed by atoms with Gasteiger partial charge in [0, 0.05) is 18.5 Å². The predicted molar refractivity (Wildman–Crippen MR) is 109 cm³/mol. The maximum Gasteiger partial charge on any atom is 0.352 e. The number of hydroxylamine groups is 2. The third-order valence-electron chi connectivity index (χ3n) is 4.67. The number of benzene rings is 1. The van der Waals surface area contributed by atoms with Crippen molar-refractivity contribution in [3.63, 3.8) is 0 Å². The molecule has 0 bridgehead atoms. The SMILES string of the molecule is CCOC(=O)c1cc(C)n(CC(=O)ON2C(=O)CCC2=O)c(=O)c1OCc1ccccc1. The van der Waals surface area contributed by atoms with Crippen LogP contribution in [0.25, 0.3) is 0 Å². The van der Waals surface area contributed by atoms with Crippen molar-refractivity contribution in [3.05, 3.63) is 63.6 Å². The second-order valence-electron chi connectivity index (χ2n) is 6.96. The molecule has 1 aromatic carbocycles. The van der Waals surface area contributed by atoms with Gasteiger partial charge in [0.1, 0.15) is 18.7 Å². The number of rotatable bonds is 8. The van der Waals surface area contributed by atoms with Crippen LogP contribution in [0.15, 0.2) is 41.2 Å². The predicted octanol–water partition coefficient (Wildman–Crippen LogP) is 1.52. The Bertz CT molecular complexity index is 1090. The molecule has 0 aliphatic carbocycles. The van der Waals surface area contributed by atoms with Crippen LogP contribution in [0.1, 0.15) is 41.4 Å². The van der Waals surface area contributed by atoms with E-state index in [2.05, 4.69) is 0 Å². The molecule has 1 saturated heterocycles. The Hall–Kier alpha value is -3.95. The summed E-state index contributed by atoms with van der Waals surface area (Å²) in [4.78, 5) is 66.0. The van der Waals surface area contributed by atoms with Crippen LogP contribution in [-0.2, 0) is 37.1 Å². The molecule has 168 valence electrons. The topological polar surface area (TPSA) is 121 Å². The highest BCUT2D eigenvalue weighted by molar-refractivity contribution is 6.01. The molecule has 0 N–H and O–H groups in total. The van der Waals surface area contributed by atoms with Crippen molar-refractivity contribution in [2.24, 2.45) is 0 Å². The second kappa shape index (κ2) is 9.90. The summed E-state index contributed by atoms with van der Waals surface area (Å²) in [5.74, 6) is -3.26. The molecule has 0 radical (unpaired) electrons. The molecule has 0 atom stereocenters. The zero-order valence-corrected chi connectivity index (χ0v) is 17.7. The summed E-state index contributed by atoms with van der Waals surface area (Å²) in [6, 6.07) is 10.4. The van der Waals surface area contributed by atoms with E-state index in [1.54, 1.807) is 31.2 Å². The van der Waals surface area contributed by atoms with Crippen molar-refractivity contribution < 1.29 is 33.5 Å². The van der Waals surface area contributed by atoms with Crippen LogP contribution in [-0.4, -0.2) is 40.0 Å². The number of carbonyl (C=O) groups is 4. The number of amides is 2. The number of hydrogen-bond donors (Lipinski definition) is 0. The smallest absolute Gasteiger partial charge is 0.352 e. The van der Waals surface area contributed by atoms with Crippen LogP contribution < -0.4 is 10.3 Å². The molecule has 1 aliphatic heterocycles. The average molecular weight is 442 g/mol. The molecule has 0 unspecified atom stereocenters. The van der Waals surface area contributed by atoms with E-state index < -0.39 is 35.9 Å². The fraction of sp³-hybridized carbons (Fsp3) is 0.318. The Morgan fingerprint density at radius 2 is 1.69 bits per heavy atom. The van der Waals surface area contributed by atoms with E-state index >= 15 is 0 Å². The van der Waals surface area contributed by atoms with Crippen LogP contribution in [0.3, 0.4) is 0 Å². The summed E-state index contributed by atoms with van der Waals surface area (Å²) in [5.41, 5.74) is 0.209. The summed E-state index contributed by atoms with van der Waals surface area (Å²) >= 11 is 0. The summed E-state index contributed by atoms with van der Waals surface area (Å²) in [5, 5.41) is 0.405. The van der Waals surface area contributed by atoms with E-state index in [0.29, 0.717) is 5.06 Å². The van der Waals surface area contributed by atoms with Gasteiger partial charge in [-0.2, -0.15) is 0 Å². The number of aromatic nitrogens is 1. The van der Waals surface area contributed by atoms with Crippen molar-refractivity contribution in [1.29, 1.82) is 0 Å². The molecule has 2 aromatic rings. The number of pyridine rings is 1. The maximum atomic E-state index is 13.1. The van der Waals surface area contributed by atoms with Crippen LogP contribution >= 0.6 is 0 Å². The minimum atomic E-state index is -0.989. The number of nitrogens with zero attached hydrogens (tertiary/aromatic N) is 2. The Morgan fingerprint density at radius 3 is 2.31 bits per heavy atom. The highest BCUT2D eigenvalue weighted by atomic mass is 16.7. The normalized spacial score (nSPS) is 13.2. The quantitative estimate of drug-likeness (QED) is 0.446. The zero-order chi connectivity index (χ0) is 23.3. The third kappa shape index (κ3) is 5.02. The number of esters is 1. The first-order valence-electron chi connectivity index (χ1n) is 9.96. The van der Waals surface area contributed by atoms with Gasteiger partial charge in [-0.1, -0.05) is 30.3 Å². The van der Waals surface area contributed by atoms with Crippen LogP contribution in [0, 0.1) is 6.92 Å². The molecule has 1 aromatic heterocycles. The number of ether oxygens (including phenoxy) is 2. The summed E-state index contributed by atoms with van der Waals surface area (Å²) in [7, 11) is 0. The van der Waals surface area contributed by atoms with Crippen LogP contribution in [0.4, 0.5) is 0 Å². The van der Waals surface area contributed by atoms with Crippen molar-refractivity contribution in [2.45, 2.75) is 39.8 Å². The zero-order valence-electron chi connectivity index (χ0n) is 17.7. The van der Waals surface area contributed by atoms with Gasteiger partial charge in [0.2, 0.25) is 0 Å². The van der Waals surface area contributed by atoms with Gasteiger partial charge in [0.25, 0.3) is 17.4 Å². The number of hydrogen-bond acceptors (Lipinski definition) is 8. The van der Waals surface area contributed by atoms with Crippen LogP contribution in [0.5, 0.6) is 5.75 Å². The minimum absolute atomic E-state index is 0.00672. The average Bonchev–Trinajstić information content (AvgIpc) is 3.08. The first-order chi connectivity index (χ1) is 15.3. The molecule has 1 aliphatic rings. The Kier molecular flexibility index (Phi) is 7.04. The van der Waals surface area contributed by atoms with Gasteiger partial charge in [0.15, 0.2) is 5.75 Å². The second-order valence-corrected chi connectivity index (χ2v) is 6.96. The van der Waals surface area contributed by atoms with Crippen molar-refractivity contribution >= 4 is 23.8 Å². The maximum absolute atomic E-state index is 13.1. The highest BCUT2D eigenvalue weighted by Gasteiger charge is 2.33. The lowest BCUT2D eigenvalue weighted by Crippen LogP contribution is -2.36. The van der Waals surface area contributed by atoms with Gasteiger partial charge in [-0.3, -0.25) is 19.0 Å². The number of aryl methyl sites for hydroxylation is 1. The molecular formula is C22H22N2O8. The fourth-order valence-corrected chi connectivity index (χ4v) is 3.09. The molecule has 2 amide bonds. The van der Waals surface area contributed by atoms with Crippen LogP contribution in [0.2, 0.25) is 0 Å². The molecule has 0 saturated carbocycles. The number of carbonyl (C=O) groups excluding carboxylic acids is 4.